The summed E-state index contributed by atoms with van der Waals surface area (Å²) in [6.07, 6.45) is -2.89. The Labute approximate surface area is 230 Å². The van der Waals surface area contributed by atoms with Crippen molar-refractivity contribution in [1.29, 1.82) is 0 Å². The average molecular weight is 653 g/mol. The molecule has 0 amide bonds. The molecule has 0 saturated carbocycles. The Kier molecular flexibility index (Phi) is 10.2. The Morgan fingerprint density at radius 3 is 2.21 bits per heavy atom. The van der Waals surface area contributed by atoms with E-state index in [1.807, 2.05) is 12.1 Å². The third kappa shape index (κ3) is 7.58. The summed E-state index contributed by atoms with van der Waals surface area (Å²) in [4.78, 5) is 4.09. The van der Waals surface area contributed by atoms with E-state index in [0.717, 1.165) is 40.2 Å². The Morgan fingerprint density at radius 2 is 1.62 bits per heavy atom. The Hall–Kier alpha value is -0.332. The van der Waals surface area contributed by atoms with Gasteiger partial charge in [0.1, 0.15) is 0 Å². The van der Waals surface area contributed by atoms with Crippen molar-refractivity contribution >= 4 is 94.8 Å². The molecule has 3 rings (SSSR count). The molecule has 2 nitrogen and oxygen atoms in total. The number of alkyl halides is 3. The molecule has 1 atom stereocenters. The Bertz CT molecular complexity index is 1130. The number of halogens is 8. The summed E-state index contributed by atoms with van der Waals surface area (Å²) in [6.45, 7) is 2.05. The fraction of sp³-hybridized carbons (Fsp3) is 0.318. The van der Waals surface area contributed by atoms with Crippen LogP contribution in [0.1, 0.15) is 29.5 Å². The van der Waals surface area contributed by atoms with Crippen molar-refractivity contribution in [2.75, 3.05) is 5.32 Å². The molecule has 0 aliphatic carbocycles. The third-order valence-corrected chi connectivity index (χ3v) is 13.5. The molecule has 0 radical (unpaired) electrons. The summed E-state index contributed by atoms with van der Waals surface area (Å²) in [7, 11) is 0. The van der Waals surface area contributed by atoms with E-state index in [4.69, 9.17) is 58.0 Å². The van der Waals surface area contributed by atoms with Crippen molar-refractivity contribution < 1.29 is 13.2 Å². The van der Waals surface area contributed by atoms with Crippen molar-refractivity contribution in [2.45, 2.75) is 41.6 Å². The molecular weight excluding hydrogens is 634 g/mol. The second kappa shape index (κ2) is 12.3. The minimum atomic E-state index is -4.56. The molecule has 0 bridgehead atoms. The zero-order valence-corrected chi connectivity index (χ0v) is 24.2. The molecular formula is C22H19AsCl5F3N2S. The number of thiazole rings is 1. The van der Waals surface area contributed by atoms with Gasteiger partial charge in [-0.3, -0.25) is 0 Å². The number of benzene rings is 2. The van der Waals surface area contributed by atoms with E-state index in [1.165, 1.54) is 12.1 Å². The van der Waals surface area contributed by atoms with Crippen molar-refractivity contribution in [2.24, 2.45) is 0 Å². The number of aryl methyl sites for hydroxylation is 1. The second-order valence-corrected chi connectivity index (χ2v) is 15.9. The van der Waals surface area contributed by atoms with Crippen LogP contribution in [0.4, 0.5) is 24.0 Å². The molecule has 1 aromatic heterocycles. The number of hydrogen-bond acceptors (Lipinski definition) is 3. The van der Waals surface area contributed by atoms with Gasteiger partial charge in [0, 0.05) is 0 Å². The predicted octanol–water partition coefficient (Wildman–Crippen LogP) is 10.4. The number of nitrogens with zero attached hydrogens (tertiary/aromatic N) is 1. The van der Waals surface area contributed by atoms with Gasteiger partial charge < -0.3 is 0 Å². The van der Waals surface area contributed by atoms with E-state index >= 15 is 0 Å². The van der Waals surface area contributed by atoms with Gasteiger partial charge in [0.15, 0.2) is 0 Å². The van der Waals surface area contributed by atoms with E-state index in [2.05, 4.69) is 17.2 Å². The van der Waals surface area contributed by atoms with Crippen LogP contribution in [-0.2, 0) is 17.8 Å². The molecule has 0 saturated heterocycles. The van der Waals surface area contributed by atoms with E-state index in [0.29, 0.717) is 20.3 Å². The topological polar surface area (TPSA) is 24.9 Å². The van der Waals surface area contributed by atoms with Crippen LogP contribution in [0.3, 0.4) is 0 Å². The number of nitrogens with one attached hydrogen (secondary N) is 1. The summed E-state index contributed by atoms with van der Waals surface area (Å²) in [6, 6.07) is 8.39. The zero-order chi connectivity index (χ0) is 25.0. The van der Waals surface area contributed by atoms with Crippen LogP contribution in [-0.4, -0.2) is 19.6 Å². The monoisotopic (exact) mass is 650 g/mol. The summed E-state index contributed by atoms with van der Waals surface area (Å²) in [5, 5.41) is 6.80. The first-order chi connectivity index (χ1) is 16.0. The SMILES string of the molecule is CCC[As](CCc1ccc(Cl)c(Cl)c1)Cc1sc(Nc2c(Cl)cc(Cl)cc2Cl)nc1C(F)(F)F. The summed E-state index contributed by atoms with van der Waals surface area (Å²) < 4.78 is 41.5. The zero-order valence-electron chi connectivity index (χ0n) is 17.7. The van der Waals surface area contributed by atoms with Crippen LogP contribution in [0.5, 0.6) is 0 Å². The summed E-state index contributed by atoms with van der Waals surface area (Å²) >= 11 is 29.7. The minimum absolute atomic E-state index is 0.0865. The molecule has 1 heterocycles. The van der Waals surface area contributed by atoms with Crippen LogP contribution in [0.15, 0.2) is 30.3 Å². The number of anilines is 2. The van der Waals surface area contributed by atoms with Gasteiger partial charge in [-0.25, -0.2) is 0 Å². The van der Waals surface area contributed by atoms with E-state index in [1.54, 1.807) is 6.07 Å². The molecule has 0 aliphatic rings. The van der Waals surface area contributed by atoms with Crippen molar-refractivity contribution in [3.8, 4) is 0 Å². The molecule has 1 N–H and O–H groups in total. The predicted molar refractivity (Wildman–Crippen MR) is 141 cm³/mol. The molecule has 34 heavy (non-hydrogen) atoms. The van der Waals surface area contributed by atoms with E-state index in [9.17, 15) is 13.2 Å². The number of aromatic nitrogens is 1. The van der Waals surface area contributed by atoms with Crippen LogP contribution >= 0.6 is 69.3 Å². The van der Waals surface area contributed by atoms with Gasteiger partial charge in [0.05, 0.1) is 0 Å². The van der Waals surface area contributed by atoms with Gasteiger partial charge in [-0.2, -0.15) is 0 Å². The van der Waals surface area contributed by atoms with E-state index < -0.39 is 26.5 Å². The van der Waals surface area contributed by atoms with Gasteiger partial charge in [-0.15, -0.1) is 0 Å². The standard InChI is InChI=1S/C22H19AsCl5F3N2S/c1-2-6-23(7-5-12-3-4-14(25)15(26)8-12)11-18-20(22(29,30)31)33-21(34-18)32-19-16(27)9-13(24)10-17(19)28/h3-4,8-10H,2,5-7,11H2,1H3,(H,32,33). The van der Waals surface area contributed by atoms with Crippen LogP contribution < -0.4 is 5.32 Å². The van der Waals surface area contributed by atoms with Gasteiger partial charge in [0.2, 0.25) is 0 Å². The second-order valence-electron chi connectivity index (χ2n) is 7.43. The quantitative estimate of drug-likeness (QED) is 0.233. The Balaban J connectivity index is 1.83. The van der Waals surface area contributed by atoms with Crippen LogP contribution in [0.25, 0.3) is 0 Å². The maximum absolute atomic E-state index is 13.8. The van der Waals surface area contributed by atoms with Crippen LogP contribution in [0.2, 0.25) is 35.5 Å². The van der Waals surface area contributed by atoms with Crippen molar-refractivity contribution in [3.05, 3.63) is 71.6 Å². The van der Waals surface area contributed by atoms with Crippen molar-refractivity contribution in [3.63, 3.8) is 0 Å². The summed E-state index contributed by atoms with van der Waals surface area (Å²) in [5.41, 5.74) is 0.440. The molecule has 1 unspecified atom stereocenters. The fourth-order valence-corrected chi connectivity index (χ4v) is 11.5. The molecule has 12 heteroatoms. The first-order valence-corrected chi connectivity index (χ1v) is 16.8. The number of hydrogen-bond donors (Lipinski definition) is 1. The molecule has 184 valence electrons. The molecule has 2 aromatic carbocycles. The van der Waals surface area contributed by atoms with Gasteiger partial charge in [0.25, 0.3) is 0 Å². The molecule has 0 fully saturated rings. The molecule has 0 aliphatic heterocycles. The third-order valence-electron chi connectivity index (χ3n) is 4.81. The van der Waals surface area contributed by atoms with Crippen molar-refractivity contribution in [1.82, 2.24) is 4.98 Å². The Morgan fingerprint density at radius 1 is 0.941 bits per heavy atom. The first-order valence-electron chi connectivity index (χ1n) is 10.1. The normalized spacial score (nSPS) is 12.7. The van der Waals surface area contributed by atoms with Gasteiger partial charge >= 0.3 is 231 Å². The summed E-state index contributed by atoms with van der Waals surface area (Å²) in [5.74, 6) is 0. The van der Waals surface area contributed by atoms with Gasteiger partial charge in [-0.05, 0) is 0 Å². The fourth-order valence-electron chi connectivity index (χ4n) is 3.27. The van der Waals surface area contributed by atoms with Gasteiger partial charge in [-0.1, -0.05) is 0 Å². The average Bonchev–Trinajstić information content (AvgIpc) is 3.14. The molecule has 3 aromatic rings. The first kappa shape index (κ1) is 28.2. The van der Waals surface area contributed by atoms with Crippen LogP contribution in [0, 0.1) is 0 Å². The van der Waals surface area contributed by atoms with E-state index in [-0.39, 0.29) is 25.7 Å². The maximum atomic E-state index is 13.8. The molecule has 0 spiro atoms. The number of rotatable bonds is 9.